The van der Waals surface area contributed by atoms with E-state index in [4.69, 9.17) is 15.8 Å². The molecule has 1 fully saturated rings. The molecule has 1 aromatic carbocycles. The molecule has 158 valence electrons. The number of oxime groups is 1. The number of amidine groups is 1. The number of likely N-dealkylation sites (tertiary alicyclic amines) is 1. The summed E-state index contributed by atoms with van der Waals surface area (Å²) in [5, 5.41) is 14.3. The summed E-state index contributed by atoms with van der Waals surface area (Å²) in [5.74, 6) is -1.00. The van der Waals surface area contributed by atoms with Crippen molar-refractivity contribution in [3.05, 3.63) is 35.9 Å². The van der Waals surface area contributed by atoms with Gasteiger partial charge >= 0.3 is 5.97 Å². The van der Waals surface area contributed by atoms with E-state index < -0.39 is 18.2 Å². The molecule has 2 rings (SSSR count). The zero-order valence-electron chi connectivity index (χ0n) is 16.2. The largest absolute Gasteiger partial charge is 0.409 e. The third-order valence-corrected chi connectivity index (χ3v) is 4.46. The Morgan fingerprint density at radius 3 is 2.66 bits per heavy atom. The molecule has 0 aromatic heterocycles. The van der Waals surface area contributed by atoms with Crippen molar-refractivity contribution in [2.75, 3.05) is 6.54 Å². The van der Waals surface area contributed by atoms with Gasteiger partial charge in [-0.25, -0.2) is 4.79 Å². The normalized spacial score (nSPS) is 19.5. The van der Waals surface area contributed by atoms with Crippen LogP contribution in [0.2, 0.25) is 0 Å². The van der Waals surface area contributed by atoms with Crippen LogP contribution in [0.5, 0.6) is 0 Å². The molecule has 10 nitrogen and oxygen atoms in total. The molecule has 0 saturated carbocycles. The molecule has 0 radical (unpaired) electrons. The van der Waals surface area contributed by atoms with Crippen molar-refractivity contribution < 1.29 is 29.4 Å². The zero-order chi connectivity index (χ0) is 21.2. The quantitative estimate of drug-likeness (QED) is 0.193. The first-order chi connectivity index (χ1) is 13.9. The lowest BCUT2D eigenvalue weighted by Crippen LogP contribution is -2.56. The molecule has 10 heteroatoms. The maximum atomic E-state index is 12.7. The van der Waals surface area contributed by atoms with E-state index in [9.17, 15) is 14.4 Å². The van der Waals surface area contributed by atoms with Gasteiger partial charge in [0.2, 0.25) is 5.91 Å². The van der Waals surface area contributed by atoms with Gasteiger partial charge in [-0.1, -0.05) is 23.4 Å². The van der Waals surface area contributed by atoms with Gasteiger partial charge in [-0.2, -0.15) is 4.89 Å². The first-order valence-corrected chi connectivity index (χ1v) is 9.36. The highest BCUT2D eigenvalue weighted by Gasteiger charge is 2.34. The molecule has 4 N–H and O–H groups in total. The number of hydrogen-bond acceptors (Lipinski definition) is 7. The first-order valence-electron chi connectivity index (χ1n) is 9.36. The summed E-state index contributed by atoms with van der Waals surface area (Å²) in [6, 6.07) is 8.65. The Morgan fingerprint density at radius 1 is 1.28 bits per heavy atom. The van der Waals surface area contributed by atoms with E-state index in [0.29, 0.717) is 24.9 Å². The van der Waals surface area contributed by atoms with Crippen LogP contribution in [0.15, 0.2) is 35.5 Å². The third kappa shape index (κ3) is 7.07. The first kappa shape index (κ1) is 22.2. The van der Waals surface area contributed by atoms with Crippen LogP contribution < -0.4 is 11.1 Å². The monoisotopic (exact) mass is 406 g/mol. The second-order valence-electron chi connectivity index (χ2n) is 6.70. The highest BCUT2D eigenvalue weighted by molar-refractivity contribution is 5.94. The van der Waals surface area contributed by atoms with Crippen molar-refractivity contribution in [1.82, 2.24) is 10.2 Å². The number of rotatable bonds is 8. The molecule has 1 heterocycles. The molecule has 0 spiro atoms. The van der Waals surface area contributed by atoms with E-state index in [1.807, 2.05) is 0 Å². The zero-order valence-corrected chi connectivity index (χ0v) is 16.2. The SMILES string of the molecule is CC(=O)OOC1CCN(C(=O)CCCC(N)=NO)C(NC(=O)c2ccccc2)C1. The summed E-state index contributed by atoms with van der Waals surface area (Å²) in [6.07, 6.45) is 0.556. The summed E-state index contributed by atoms with van der Waals surface area (Å²) in [4.78, 5) is 47.5. The lowest BCUT2D eigenvalue weighted by molar-refractivity contribution is -0.303. The Morgan fingerprint density at radius 2 is 2.00 bits per heavy atom. The van der Waals surface area contributed by atoms with Crippen LogP contribution in [0.1, 0.15) is 49.4 Å². The van der Waals surface area contributed by atoms with Gasteiger partial charge in [-0.15, -0.1) is 0 Å². The maximum absolute atomic E-state index is 12.7. The number of amides is 2. The Bertz CT molecular complexity index is 739. The molecule has 1 aliphatic heterocycles. The van der Waals surface area contributed by atoms with Crippen LogP contribution in [0.3, 0.4) is 0 Å². The van der Waals surface area contributed by atoms with Crippen molar-refractivity contribution in [2.45, 2.75) is 51.3 Å². The maximum Gasteiger partial charge on any atom is 0.339 e. The van der Waals surface area contributed by atoms with Crippen LogP contribution in [0.25, 0.3) is 0 Å². The molecule has 1 aliphatic rings. The standard InChI is InChI=1S/C19H26N4O6/c1-13(24)28-29-15-10-11-23(18(25)9-5-8-16(20)22-27)17(12-15)21-19(26)14-6-3-2-4-7-14/h2-4,6-7,15,17,27H,5,8-12H2,1H3,(H2,20,22)(H,21,26). The van der Waals surface area contributed by atoms with Gasteiger partial charge in [0, 0.05) is 38.3 Å². The predicted molar refractivity (Wildman–Crippen MR) is 103 cm³/mol. The lowest BCUT2D eigenvalue weighted by atomic mass is 10.0. The van der Waals surface area contributed by atoms with E-state index in [2.05, 4.69) is 15.4 Å². The van der Waals surface area contributed by atoms with Gasteiger partial charge in [0.15, 0.2) is 0 Å². The lowest BCUT2D eigenvalue weighted by Gasteiger charge is -2.39. The summed E-state index contributed by atoms with van der Waals surface area (Å²) in [6.45, 7) is 1.56. The molecule has 2 amide bonds. The molecule has 1 aromatic rings. The average Bonchev–Trinajstić information content (AvgIpc) is 2.72. The van der Waals surface area contributed by atoms with E-state index >= 15 is 0 Å². The van der Waals surface area contributed by atoms with Crippen LogP contribution in [0.4, 0.5) is 0 Å². The fraction of sp³-hybridized carbons (Fsp3) is 0.474. The summed E-state index contributed by atoms with van der Waals surface area (Å²) in [5.41, 5.74) is 5.90. The van der Waals surface area contributed by atoms with Crippen molar-refractivity contribution in [3.63, 3.8) is 0 Å². The van der Waals surface area contributed by atoms with Gasteiger partial charge in [0.25, 0.3) is 5.91 Å². The van der Waals surface area contributed by atoms with Gasteiger partial charge in [0.1, 0.15) is 18.1 Å². The van der Waals surface area contributed by atoms with E-state index in [1.54, 1.807) is 35.2 Å². The minimum Gasteiger partial charge on any atom is -0.409 e. The number of piperidine rings is 1. The van der Waals surface area contributed by atoms with Gasteiger partial charge in [0.05, 0.1) is 0 Å². The van der Waals surface area contributed by atoms with Crippen molar-refractivity contribution in [2.24, 2.45) is 10.9 Å². The highest BCUT2D eigenvalue weighted by atomic mass is 17.2. The van der Waals surface area contributed by atoms with Crippen molar-refractivity contribution >= 4 is 23.6 Å². The topological polar surface area (TPSA) is 144 Å². The summed E-state index contributed by atoms with van der Waals surface area (Å²) >= 11 is 0. The second-order valence-corrected chi connectivity index (χ2v) is 6.70. The Hall–Kier alpha value is -3.14. The van der Waals surface area contributed by atoms with Gasteiger partial charge in [-0.05, 0) is 25.0 Å². The molecule has 2 unspecified atom stereocenters. The van der Waals surface area contributed by atoms with E-state index in [0.717, 1.165) is 0 Å². The fourth-order valence-corrected chi connectivity index (χ4v) is 3.03. The number of nitrogens with zero attached hydrogens (tertiary/aromatic N) is 2. The smallest absolute Gasteiger partial charge is 0.339 e. The average molecular weight is 406 g/mol. The van der Waals surface area contributed by atoms with Crippen molar-refractivity contribution in [1.29, 1.82) is 0 Å². The Kier molecular flexibility index (Phi) is 8.41. The third-order valence-electron chi connectivity index (χ3n) is 4.46. The Balaban J connectivity index is 2.03. The predicted octanol–water partition coefficient (Wildman–Crippen LogP) is 1.14. The number of nitrogens with two attached hydrogens (primary N) is 1. The van der Waals surface area contributed by atoms with Crippen LogP contribution >= 0.6 is 0 Å². The van der Waals surface area contributed by atoms with E-state index in [-0.39, 0.29) is 36.9 Å². The Labute approximate surface area is 168 Å². The number of hydrogen-bond donors (Lipinski definition) is 3. The minimum atomic E-state index is -0.617. The number of carbonyl (C=O) groups excluding carboxylic acids is 3. The van der Waals surface area contributed by atoms with Crippen LogP contribution in [-0.4, -0.2) is 52.5 Å². The summed E-state index contributed by atoms with van der Waals surface area (Å²) < 4.78 is 0. The minimum absolute atomic E-state index is 0.0558. The second kappa shape index (κ2) is 11.0. The van der Waals surface area contributed by atoms with E-state index in [1.165, 1.54) is 6.92 Å². The molecule has 2 atom stereocenters. The summed E-state index contributed by atoms with van der Waals surface area (Å²) in [7, 11) is 0. The molecule has 1 saturated heterocycles. The molecular formula is C19H26N4O6. The molecule has 0 bridgehead atoms. The van der Waals surface area contributed by atoms with Gasteiger partial charge in [-0.3, -0.25) is 14.5 Å². The van der Waals surface area contributed by atoms with Crippen LogP contribution in [0, 0.1) is 0 Å². The number of carbonyl (C=O) groups is 3. The number of benzene rings is 1. The van der Waals surface area contributed by atoms with Crippen molar-refractivity contribution in [3.8, 4) is 0 Å². The van der Waals surface area contributed by atoms with Gasteiger partial charge < -0.3 is 21.2 Å². The number of nitrogens with one attached hydrogen (secondary N) is 1. The fourth-order valence-electron chi connectivity index (χ4n) is 3.03. The highest BCUT2D eigenvalue weighted by Crippen LogP contribution is 2.21. The molecule has 0 aliphatic carbocycles. The molecular weight excluding hydrogens is 380 g/mol. The van der Waals surface area contributed by atoms with Crippen LogP contribution in [-0.2, 0) is 19.4 Å². The molecule has 29 heavy (non-hydrogen) atoms.